The van der Waals surface area contributed by atoms with E-state index in [-0.39, 0.29) is 17.8 Å². The summed E-state index contributed by atoms with van der Waals surface area (Å²) in [7, 11) is 0. The molecule has 0 aliphatic carbocycles. The van der Waals surface area contributed by atoms with Gasteiger partial charge in [-0.25, -0.2) is 4.39 Å². The number of H-pyrrole nitrogens is 1. The molecule has 2 aromatic carbocycles. The van der Waals surface area contributed by atoms with E-state index in [4.69, 9.17) is 0 Å². The summed E-state index contributed by atoms with van der Waals surface area (Å²) >= 11 is 0. The van der Waals surface area contributed by atoms with E-state index in [1.54, 1.807) is 12.1 Å². The Bertz CT molecular complexity index is 992. The van der Waals surface area contributed by atoms with Crippen LogP contribution in [0.4, 0.5) is 10.2 Å². The molecule has 0 spiro atoms. The SMILES string of the molecule is Cc1cc(C)cc(C(=O)N[C@@H]2CCCN(c3cc(-c4ccc(F)cc4)[nH]n3)C2)c1. The van der Waals surface area contributed by atoms with Crippen molar-refractivity contribution in [3.63, 3.8) is 0 Å². The summed E-state index contributed by atoms with van der Waals surface area (Å²) in [4.78, 5) is 14.9. The fourth-order valence-electron chi connectivity index (χ4n) is 3.93. The highest BCUT2D eigenvalue weighted by molar-refractivity contribution is 5.94. The standard InChI is InChI=1S/C23H25FN4O/c1-15-10-16(2)12-18(11-15)23(29)25-20-4-3-9-28(14-20)22-13-21(26-27-22)17-5-7-19(24)8-6-17/h5-8,10-13,20H,3-4,9,14H2,1-2H3,(H,25,29)(H,26,27)/t20-/m1/s1. The summed E-state index contributed by atoms with van der Waals surface area (Å²) in [5.41, 5.74) is 4.62. The Morgan fingerprint density at radius 3 is 2.59 bits per heavy atom. The first-order chi connectivity index (χ1) is 14.0. The van der Waals surface area contributed by atoms with Crippen molar-refractivity contribution in [1.29, 1.82) is 0 Å². The van der Waals surface area contributed by atoms with Gasteiger partial charge in [0.2, 0.25) is 0 Å². The van der Waals surface area contributed by atoms with Crippen molar-refractivity contribution in [2.75, 3.05) is 18.0 Å². The lowest BCUT2D eigenvalue weighted by Crippen LogP contribution is -2.48. The average Bonchev–Trinajstić information content (AvgIpc) is 3.18. The second-order valence-electron chi connectivity index (χ2n) is 7.78. The topological polar surface area (TPSA) is 61.0 Å². The Morgan fingerprint density at radius 2 is 1.86 bits per heavy atom. The molecule has 4 rings (SSSR count). The minimum absolute atomic E-state index is 0.0299. The lowest BCUT2D eigenvalue weighted by Gasteiger charge is -2.33. The first-order valence-electron chi connectivity index (χ1n) is 9.93. The van der Waals surface area contributed by atoms with Crippen LogP contribution in [0.1, 0.15) is 34.3 Å². The number of anilines is 1. The van der Waals surface area contributed by atoms with E-state index in [2.05, 4.69) is 26.5 Å². The molecule has 150 valence electrons. The number of hydrogen-bond donors (Lipinski definition) is 2. The van der Waals surface area contributed by atoms with E-state index in [1.165, 1.54) is 12.1 Å². The molecule has 1 atom stereocenters. The van der Waals surface area contributed by atoms with Gasteiger partial charge in [-0.2, -0.15) is 5.10 Å². The maximum atomic E-state index is 13.1. The Morgan fingerprint density at radius 1 is 1.14 bits per heavy atom. The fraction of sp³-hybridized carbons (Fsp3) is 0.304. The van der Waals surface area contributed by atoms with Crippen molar-refractivity contribution in [1.82, 2.24) is 15.5 Å². The van der Waals surface area contributed by atoms with Gasteiger partial charge in [0.1, 0.15) is 5.82 Å². The number of aromatic amines is 1. The molecule has 5 nitrogen and oxygen atoms in total. The van der Waals surface area contributed by atoms with Crippen LogP contribution in [0.25, 0.3) is 11.3 Å². The molecular formula is C23H25FN4O. The predicted octanol–water partition coefficient (Wildman–Crippen LogP) is 4.23. The van der Waals surface area contributed by atoms with Crippen LogP contribution in [0, 0.1) is 19.7 Å². The highest BCUT2D eigenvalue weighted by atomic mass is 19.1. The molecule has 0 unspecified atom stereocenters. The summed E-state index contributed by atoms with van der Waals surface area (Å²) in [6.45, 7) is 5.61. The number of carbonyl (C=O) groups excluding carboxylic acids is 1. The zero-order valence-corrected chi connectivity index (χ0v) is 16.7. The van der Waals surface area contributed by atoms with Crippen LogP contribution in [-0.2, 0) is 0 Å². The number of hydrogen-bond acceptors (Lipinski definition) is 3. The normalized spacial score (nSPS) is 16.7. The quantitative estimate of drug-likeness (QED) is 0.698. The van der Waals surface area contributed by atoms with Gasteiger partial charge >= 0.3 is 0 Å². The van der Waals surface area contributed by atoms with Crippen molar-refractivity contribution in [3.8, 4) is 11.3 Å². The Labute approximate surface area is 169 Å². The fourth-order valence-corrected chi connectivity index (χ4v) is 3.93. The minimum atomic E-state index is -0.257. The third-order valence-electron chi connectivity index (χ3n) is 5.28. The molecule has 2 N–H and O–H groups in total. The van der Waals surface area contributed by atoms with E-state index in [0.717, 1.165) is 47.6 Å². The number of rotatable bonds is 4. The highest BCUT2D eigenvalue weighted by Crippen LogP contribution is 2.24. The van der Waals surface area contributed by atoms with E-state index in [1.807, 2.05) is 32.0 Å². The van der Waals surface area contributed by atoms with Crippen LogP contribution in [0.15, 0.2) is 48.5 Å². The number of nitrogens with one attached hydrogen (secondary N) is 2. The van der Waals surface area contributed by atoms with Crippen molar-refractivity contribution >= 4 is 11.7 Å². The van der Waals surface area contributed by atoms with Crippen LogP contribution in [-0.4, -0.2) is 35.2 Å². The largest absolute Gasteiger partial charge is 0.353 e. The van der Waals surface area contributed by atoms with Gasteiger partial charge in [0.15, 0.2) is 5.82 Å². The van der Waals surface area contributed by atoms with E-state index in [0.29, 0.717) is 12.1 Å². The molecule has 1 saturated heterocycles. The Balaban J connectivity index is 1.43. The van der Waals surface area contributed by atoms with Crippen molar-refractivity contribution in [3.05, 3.63) is 71.0 Å². The van der Waals surface area contributed by atoms with Crippen molar-refractivity contribution in [2.45, 2.75) is 32.7 Å². The molecule has 3 aromatic rings. The van der Waals surface area contributed by atoms with Crippen molar-refractivity contribution in [2.24, 2.45) is 0 Å². The van der Waals surface area contributed by atoms with Crippen LogP contribution in [0.3, 0.4) is 0 Å². The molecule has 1 amide bonds. The number of carbonyl (C=O) groups is 1. The molecule has 1 aliphatic heterocycles. The monoisotopic (exact) mass is 392 g/mol. The number of benzene rings is 2. The molecule has 1 fully saturated rings. The first kappa shape index (κ1) is 19.2. The summed E-state index contributed by atoms with van der Waals surface area (Å²) in [6, 6.07) is 14.3. The average molecular weight is 392 g/mol. The molecular weight excluding hydrogens is 367 g/mol. The zero-order valence-electron chi connectivity index (χ0n) is 16.7. The smallest absolute Gasteiger partial charge is 0.251 e. The third-order valence-corrected chi connectivity index (χ3v) is 5.28. The number of piperidine rings is 1. The number of aromatic nitrogens is 2. The lowest BCUT2D eigenvalue weighted by atomic mass is 10.0. The highest BCUT2D eigenvalue weighted by Gasteiger charge is 2.24. The molecule has 29 heavy (non-hydrogen) atoms. The Kier molecular flexibility index (Phi) is 5.34. The molecule has 0 radical (unpaired) electrons. The summed E-state index contributed by atoms with van der Waals surface area (Å²) < 4.78 is 13.1. The molecule has 6 heteroatoms. The molecule has 0 bridgehead atoms. The van der Waals surface area contributed by atoms with E-state index in [9.17, 15) is 9.18 Å². The van der Waals surface area contributed by atoms with Gasteiger partial charge in [-0.1, -0.05) is 17.2 Å². The number of halogens is 1. The summed E-state index contributed by atoms with van der Waals surface area (Å²) in [5, 5.41) is 10.6. The third kappa shape index (κ3) is 4.47. The molecule has 2 heterocycles. The van der Waals surface area contributed by atoms with E-state index < -0.39 is 0 Å². The lowest BCUT2D eigenvalue weighted by molar-refractivity contribution is 0.0933. The number of nitrogens with zero attached hydrogens (tertiary/aromatic N) is 2. The van der Waals surface area contributed by atoms with Gasteiger partial charge in [-0.15, -0.1) is 0 Å². The maximum absolute atomic E-state index is 13.1. The van der Waals surface area contributed by atoms with Crippen LogP contribution in [0.2, 0.25) is 0 Å². The first-order valence-corrected chi connectivity index (χ1v) is 9.93. The summed E-state index contributed by atoms with van der Waals surface area (Å²) in [5.74, 6) is 0.555. The second kappa shape index (κ2) is 8.07. The van der Waals surface area contributed by atoms with Gasteiger partial charge in [0.25, 0.3) is 5.91 Å². The number of aryl methyl sites for hydroxylation is 2. The predicted molar refractivity (Wildman–Crippen MR) is 113 cm³/mol. The molecule has 1 aromatic heterocycles. The Hall–Kier alpha value is -3.15. The minimum Gasteiger partial charge on any atom is -0.353 e. The van der Waals surface area contributed by atoms with E-state index >= 15 is 0 Å². The maximum Gasteiger partial charge on any atom is 0.251 e. The van der Waals surface area contributed by atoms with Crippen LogP contribution in [0.5, 0.6) is 0 Å². The van der Waals surface area contributed by atoms with Crippen molar-refractivity contribution < 1.29 is 9.18 Å². The van der Waals surface area contributed by atoms with Gasteiger partial charge in [0.05, 0.1) is 5.69 Å². The van der Waals surface area contributed by atoms with Crippen LogP contribution < -0.4 is 10.2 Å². The summed E-state index contributed by atoms with van der Waals surface area (Å²) in [6.07, 6.45) is 1.93. The number of amides is 1. The molecule has 1 aliphatic rings. The molecule has 0 saturated carbocycles. The van der Waals surface area contributed by atoms with Crippen LogP contribution >= 0.6 is 0 Å². The van der Waals surface area contributed by atoms with Gasteiger partial charge in [-0.05, 0) is 68.7 Å². The van der Waals surface area contributed by atoms with Gasteiger partial charge in [-0.3, -0.25) is 9.89 Å². The second-order valence-corrected chi connectivity index (χ2v) is 7.78. The van der Waals surface area contributed by atoms with Gasteiger partial charge < -0.3 is 10.2 Å². The zero-order chi connectivity index (χ0) is 20.4. The van der Waals surface area contributed by atoms with Gasteiger partial charge in [0, 0.05) is 30.8 Å².